The van der Waals surface area contributed by atoms with Gasteiger partial charge in [0.05, 0.1) is 10.9 Å². The molecule has 17 heavy (non-hydrogen) atoms. The summed E-state index contributed by atoms with van der Waals surface area (Å²) in [5.74, 6) is 0.394. The number of carbonyl (C=O) groups excluding carboxylic acids is 1. The quantitative estimate of drug-likeness (QED) is 0.849. The molecule has 2 unspecified atom stereocenters. The maximum Gasteiger partial charge on any atom is 0.230 e. The highest BCUT2D eigenvalue weighted by Crippen LogP contribution is 2.24. The van der Waals surface area contributed by atoms with E-state index in [0.717, 1.165) is 25.7 Å². The molecule has 1 aliphatic carbocycles. The predicted molar refractivity (Wildman–Crippen MR) is 67.8 cm³/mol. The van der Waals surface area contributed by atoms with E-state index in [2.05, 4.69) is 10.3 Å². The van der Waals surface area contributed by atoms with Crippen molar-refractivity contribution in [2.45, 2.75) is 31.7 Å². The summed E-state index contributed by atoms with van der Waals surface area (Å²) < 4.78 is 0. The van der Waals surface area contributed by atoms with Crippen LogP contribution in [0.25, 0.3) is 0 Å². The highest BCUT2D eigenvalue weighted by Gasteiger charge is 2.28. The number of rotatable bonds is 2. The number of amides is 1. The predicted octanol–water partition coefficient (Wildman–Crippen LogP) is 2.19. The molecule has 0 spiro atoms. The SMILES string of the molecule is NC1CCCCC1C(=O)Nc1ccc(Cl)cn1. The molecule has 92 valence electrons. The van der Waals surface area contributed by atoms with Crippen LogP contribution in [0.4, 0.5) is 5.82 Å². The van der Waals surface area contributed by atoms with Crippen LogP contribution in [0.3, 0.4) is 0 Å². The van der Waals surface area contributed by atoms with Crippen molar-refractivity contribution in [1.82, 2.24) is 4.98 Å². The zero-order valence-electron chi connectivity index (χ0n) is 9.53. The summed E-state index contributed by atoms with van der Waals surface area (Å²) in [5, 5.41) is 3.33. The van der Waals surface area contributed by atoms with Crippen LogP contribution in [0.2, 0.25) is 5.02 Å². The van der Waals surface area contributed by atoms with Gasteiger partial charge in [-0.25, -0.2) is 4.98 Å². The largest absolute Gasteiger partial charge is 0.327 e. The van der Waals surface area contributed by atoms with Gasteiger partial charge in [0.2, 0.25) is 5.91 Å². The van der Waals surface area contributed by atoms with Gasteiger partial charge in [0.1, 0.15) is 5.82 Å². The Morgan fingerprint density at radius 1 is 1.41 bits per heavy atom. The molecule has 1 fully saturated rings. The lowest BCUT2D eigenvalue weighted by molar-refractivity contribution is -0.121. The van der Waals surface area contributed by atoms with Crippen LogP contribution in [0.15, 0.2) is 18.3 Å². The summed E-state index contributed by atoms with van der Waals surface area (Å²) in [6, 6.07) is 3.36. The summed E-state index contributed by atoms with van der Waals surface area (Å²) in [5.41, 5.74) is 5.96. The fourth-order valence-corrected chi connectivity index (χ4v) is 2.27. The molecule has 0 bridgehead atoms. The van der Waals surface area contributed by atoms with Gasteiger partial charge in [-0.3, -0.25) is 4.79 Å². The number of halogens is 1. The Morgan fingerprint density at radius 2 is 2.18 bits per heavy atom. The zero-order valence-corrected chi connectivity index (χ0v) is 10.3. The first-order valence-electron chi connectivity index (χ1n) is 5.85. The van der Waals surface area contributed by atoms with Crippen molar-refractivity contribution in [2.24, 2.45) is 11.7 Å². The molecule has 3 N–H and O–H groups in total. The van der Waals surface area contributed by atoms with Crippen molar-refractivity contribution in [1.29, 1.82) is 0 Å². The Kier molecular flexibility index (Phi) is 3.97. The number of nitrogens with two attached hydrogens (primary N) is 1. The van der Waals surface area contributed by atoms with E-state index < -0.39 is 0 Å². The summed E-state index contributed by atoms with van der Waals surface area (Å²) in [6.07, 6.45) is 5.48. The van der Waals surface area contributed by atoms with E-state index in [1.807, 2.05) is 0 Å². The number of pyridine rings is 1. The Labute approximate surface area is 106 Å². The smallest absolute Gasteiger partial charge is 0.230 e. The lowest BCUT2D eigenvalue weighted by atomic mass is 9.84. The van der Waals surface area contributed by atoms with E-state index in [4.69, 9.17) is 17.3 Å². The minimum absolute atomic E-state index is 0.0314. The van der Waals surface area contributed by atoms with Gasteiger partial charge < -0.3 is 11.1 Å². The van der Waals surface area contributed by atoms with Crippen molar-refractivity contribution in [2.75, 3.05) is 5.32 Å². The van der Waals surface area contributed by atoms with Gasteiger partial charge in [0.15, 0.2) is 0 Å². The monoisotopic (exact) mass is 253 g/mol. The number of hydrogen-bond acceptors (Lipinski definition) is 3. The fraction of sp³-hybridized carbons (Fsp3) is 0.500. The molecule has 1 amide bonds. The van der Waals surface area contributed by atoms with Gasteiger partial charge >= 0.3 is 0 Å². The minimum atomic E-state index is -0.0961. The number of aromatic nitrogens is 1. The number of nitrogens with zero attached hydrogens (tertiary/aromatic N) is 1. The van der Waals surface area contributed by atoms with Gasteiger partial charge in [-0.15, -0.1) is 0 Å². The van der Waals surface area contributed by atoms with Gasteiger partial charge in [0, 0.05) is 12.2 Å². The standard InChI is InChI=1S/C12H16ClN3O/c13-8-5-6-11(15-7-8)16-12(17)9-3-1-2-4-10(9)14/h5-7,9-10H,1-4,14H2,(H,15,16,17). The third-order valence-electron chi connectivity index (χ3n) is 3.13. The summed E-state index contributed by atoms with van der Waals surface area (Å²) in [4.78, 5) is 16.0. The third kappa shape index (κ3) is 3.17. The van der Waals surface area contributed by atoms with Crippen molar-refractivity contribution < 1.29 is 4.79 Å². The molecule has 0 saturated heterocycles. The second kappa shape index (κ2) is 5.47. The first kappa shape index (κ1) is 12.3. The highest BCUT2D eigenvalue weighted by atomic mass is 35.5. The number of anilines is 1. The molecule has 2 atom stereocenters. The number of nitrogens with one attached hydrogen (secondary N) is 1. The topological polar surface area (TPSA) is 68.0 Å². The van der Waals surface area contributed by atoms with Crippen LogP contribution in [0.1, 0.15) is 25.7 Å². The van der Waals surface area contributed by atoms with Crippen molar-refractivity contribution in [3.05, 3.63) is 23.4 Å². The maximum atomic E-state index is 12.0. The van der Waals surface area contributed by atoms with Gasteiger partial charge in [-0.1, -0.05) is 24.4 Å². The second-order valence-corrected chi connectivity index (χ2v) is 4.84. The van der Waals surface area contributed by atoms with E-state index in [0.29, 0.717) is 10.8 Å². The maximum absolute atomic E-state index is 12.0. The van der Waals surface area contributed by atoms with Crippen molar-refractivity contribution in [3.8, 4) is 0 Å². The van der Waals surface area contributed by atoms with Crippen LogP contribution in [-0.2, 0) is 4.79 Å². The molecular formula is C12H16ClN3O. The van der Waals surface area contributed by atoms with E-state index in [1.165, 1.54) is 6.20 Å². The third-order valence-corrected chi connectivity index (χ3v) is 3.36. The van der Waals surface area contributed by atoms with E-state index in [1.54, 1.807) is 12.1 Å². The van der Waals surface area contributed by atoms with Crippen LogP contribution >= 0.6 is 11.6 Å². The summed E-state index contributed by atoms with van der Waals surface area (Å²) in [7, 11) is 0. The van der Waals surface area contributed by atoms with Crippen LogP contribution in [0, 0.1) is 5.92 Å². The minimum Gasteiger partial charge on any atom is -0.327 e. The molecule has 1 saturated carbocycles. The number of hydrogen-bond donors (Lipinski definition) is 2. The van der Waals surface area contributed by atoms with E-state index in [9.17, 15) is 4.79 Å². The van der Waals surface area contributed by atoms with Crippen LogP contribution in [0.5, 0.6) is 0 Å². The Morgan fingerprint density at radius 3 is 2.82 bits per heavy atom. The Bertz CT molecular complexity index is 393. The Hall–Kier alpha value is -1.13. The summed E-state index contributed by atoms with van der Waals surface area (Å²) in [6.45, 7) is 0. The first-order valence-corrected chi connectivity index (χ1v) is 6.22. The Balaban J connectivity index is 1.98. The van der Waals surface area contributed by atoms with Gasteiger partial charge in [-0.2, -0.15) is 0 Å². The fourth-order valence-electron chi connectivity index (χ4n) is 2.15. The van der Waals surface area contributed by atoms with E-state index in [-0.39, 0.29) is 17.9 Å². The summed E-state index contributed by atoms with van der Waals surface area (Å²) >= 11 is 5.72. The molecule has 0 aromatic carbocycles. The molecule has 5 heteroatoms. The lowest BCUT2D eigenvalue weighted by Crippen LogP contribution is -2.40. The molecular weight excluding hydrogens is 238 g/mol. The first-order chi connectivity index (χ1) is 8.16. The lowest BCUT2D eigenvalue weighted by Gasteiger charge is -2.27. The molecule has 0 aliphatic heterocycles. The van der Waals surface area contributed by atoms with Crippen molar-refractivity contribution >= 4 is 23.3 Å². The second-order valence-electron chi connectivity index (χ2n) is 4.41. The molecule has 2 rings (SSSR count). The molecule has 1 aromatic heterocycles. The number of carbonyl (C=O) groups is 1. The zero-order chi connectivity index (χ0) is 12.3. The average Bonchev–Trinajstić information content (AvgIpc) is 2.32. The van der Waals surface area contributed by atoms with Crippen LogP contribution < -0.4 is 11.1 Å². The van der Waals surface area contributed by atoms with E-state index >= 15 is 0 Å². The molecule has 4 nitrogen and oxygen atoms in total. The molecule has 1 aromatic rings. The molecule has 1 aliphatic rings. The van der Waals surface area contributed by atoms with Gasteiger partial charge in [0.25, 0.3) is 0 Å². The molecule has 1 heterocycles. The molecule has 0 radical (unpaired) electrons. The normalized spacial score (nSPS) is 24.4. The van der Waals surface area contributed by atoms with Crippen molar-refractivity contribution in [3.63, 3.8) is 0 Å². The highest BCUT2D eigenvalue weighted by molar-refractivity contribution is 6.30. The van der Waals surface area contributed by atoms with Gasteiger partial charge in [-0.05, 0) is 25.0 Å². The average molecular weight is 254 g/mol. The van der Waals surface area contributed by atoms with Crippen LogP contribution in [-0.4, -0.2) is 16.9 Å².